The van der Waals surface area contributed by atoms with Gasteiger partial charge in [-0.25, -0.2) is 4.98 Å². The Hall–Kier alpha value is -2.07. The van der Waals surface area contributed by atoms with E-state index in [1.165, 1.54) is 0 Å². The molecule has 98 valence electrons. The first-order valence-electron chi connectivity index (χ1n) is 5.94. The van der Waals surface area contributed by atoms with E-state index in [1.54, 1.807) is 12.3 Å². The average Bonchev–Trinajstić information content (AvgIpc) is 2.45. The lowest BCUT2D eigenvalue weighted by Crippen LogP contribution is -2.06. The van der Waals surface area contributed by atoms with Gasteiger partial charge in [0.05, 0.1) is 0 Å². The minimum absolute atomic E-state index is 0.564. The molecule has 0 saturated carbocycles. The van der Waals surface area contributed by atoms with Crippen LogP contribution in [0.5, 0.6) is 0 Å². The molecular weight excluding hydrogens is 260 g/mol. The zero-order chi connectivity index (χ0) is 13.5. The van der Waals surface area contributed by atoms with Crippen LogP contribution in [0.1, 0.15) is 5.56 Å². The quantitative estimate of drug-likeness (QED) is 0.793. The molecule has 2 aromatic rings. The third kappa shape index (κ3) is 3.96. The molecule has 0 atom stereocenters. The minimum Gasteiger partial charge on any atom is -0.366 e. The van der Waals surface area contributed by atoms with Crippen molar-refractivity contribution in [2.24, 2.45) is 0 Å². The van der Waals surface area contributed by atoms with Gasteiger partial charge < -0.3 is 10.6 Å². The van der Waals surface area contributed by atoms with E-state index in [1.807, 2.05) is 30.3 Å². The first-order valence-corrected chi connectivity index (χ1v) is 6.32. The van der Waals surface area contributed by atoms with Crippen LogP contribution in [0.3, 0.4) is 0 Å². The topological polar surface area (TPSA) is 49.8 Å². The number of hydrogen-bond acceptors (Lipinski definition) is 4. The summed E-state index contributed by atoms with van der Waals surface area (Å²) in [6.45, 7) is 4.90. The Morgan fingerprint density at radius 2 is 2.05 bits per heavy atom. The predicted molar refractivity (Wildman–Crippen MR) is 79.5 cm³/mol. The van der Waals surface area contributed by atoms with Crippen molar-refractivity contribution in [2.75, 3.05) is 17.2 Å². The summed E-state index contributed by atoms with van der Waals surface area (Å²) in [5.41, 5.74) is 1.01. The average molecular weight is 275 g/mol. The summed E-state index contributed by atoms with van der Waals surface area (Å²) in [5.74, 6) is 1.32. The Kier molecular flexibility index (Phi) is 4.75. The number of halogens is 1. The molecule has 0 unspecified atom stereocenters. The van der Waals surface area contributed by atoms with Crippen LogP contribution in [-0.2, 0) is 6.54 Å². The molecule has 1 heterocycles. The normalized spacial score (nSPS) is 9.95. The molecule has 0 aliphatic carbocycles. The first-order chi connectivity index (χ1) is 9.29. The van der Waals surface area contributed by atoms with Crippen molar-refractivity contribution in [2.45, 2.75) is 6.54 Å². The van der Waals surface area contributed by atoms with Crippen LogP contribution in [0, 0.1) is 0 Å². The summed E-state index contributed by atoms with van der Waals surface area (Å²) in [5, 5.41) is 6.99. The second-order valence-electron chi connectivity index (χ2n) is 3.88. The summed E-state index contributed by atoms with van der Waals surface area (Å²) >= 11 is 6.09. The predicted octanol–water partition coefficient (Wildman–Crippen LogP) is 3.34. The monoisotopic (exact) mass is 274 g/mol. The van der Waals surface area contributed by atoms with Crippen molar-refractivity contribution < 1.29 is 0 Å². The van der Waals surface area contributed by atoms with Gasteiger partial charge in [-0.2, -0.15) is 4.98 Å². The molecular formula is C14H15ClN4. The zero-order valence-electron chi connectivity index (χ0n) is 10.4. The van der Waals surface area contributed by atoms with Crippen LogP contribution < -0.4 is 10.6 Å². The molecule has 0 radical (unpaired) electrons. The van der Waals surface area contributed by atoms with Crippen LogP contribution in [0.4, 0.5) is 11.8 Å². The third-order valence-corrected chi connectivity index (χ3v) is 2.85. The van der Waals surface area contributed by atoms with E-state index < -0.39 is 0 Å². The van der Waals surface area contributed by atoms with E-state index in [9.17, 15) is 0 Å². The molecule has 1 aromatic heterocycles. The molecule has 0 aliphatic heterocycles. The highest BCUT2D eigenvalue weighted by atomic mass is 35.5. The second kappa shape index (κ2) is 6.75. The summed E-state index contributed by atoms with van der Waals surface area (Å²) in [6.07, 6.45) is 3.48. The highest BCUT2D eigenvalue weighted by Gasteiger charge is 2.01. The van der Waals surface area contributed by atoms with Crippen molar-refractivity contribution in [3.8, 4) is 0 Å². The molecule has 0 bridgehead atoms. The maximum atomic E-state index is 6.09. The SMILES string of the molecule is C=CCNc1ccnc(NCc2ccccc2Cl)n1. The Balaban J connectivity index is 1.99. The standard InChI is InChI=1S/C14H15ClN4/c1-2-8-16-13-7-9-17-14(19-13)18-10-11-5-3-4-6-12(11)15/h2-7,9H,1,8,10H2,(H2,16,17,18,19). The van der Waals surface area contributed by atoms with Gasteiger partial charge in [0, 0.05) is 24.3 Å². The minimum atomic E-state index is 0.564. The lowest BCUT2D eigenvalue weighted by atomic mass is 10.2. The number of anilines is 2. The molecule has 0 fully saturated rings. The van der Waals surface area contributed by atoms with E-state index >= 15 is 0 Å². The third-order valence-electron chi connectivity index (χ3n) is 2.48. The van der Waals surface area contributed by atoms with Crippen molar-refractivity contribution in [1.82, 2.24) is 9.97 Å². The van der Waals surface area contributed by atoms with E-state index in [0.717, 1.165) is 16.4 Å². The van der Waals surface area contributed by atoms with Crippen LogP contribution in [-0.4, -0.2) is 16.5 Å². The van der Waals surface area contributed by atoms with Gasteiger partial charge in [0.25, 0.3) is 0 Å². The molecule has 0 aliphatic rings. The highest BCUT2D eigenvalue weighted by Crippen LogP contribution is 2.16. The van der Waals surface area contributed by atoms with Crippen LogP contribution in [0.25, 0.3) is 0 Å². The molecule has 0 spiro atoms. The molecule has 5 heteroatoms. The first kappa shape index (κ1) is 13.4. The number of aromatic nitrogens is 2. The van der Waals surface area contributed by atoms with Gasteiger partial charge in [0.15, 0.2) is 0 Å². The molecule has 2 rings (SSSR count). The molecule has 2 N–H and O–H groups in total. The van der Waals surface area contributed by atoms with E-state index in [-0.39, 0.29) is 0 Å². The summed E-state index contributed by atoms with van der Waals surface area (Å²) in [4.78, 5) is 8.49. The Labute approximate surface area is 117 Å². The second-order valence-corrected chi connectivity index (χ2v) is 4.29. The van der Waals surface area contributed by atoms with Gasteiger partial charge in [0.2, 0.25) is 5.95 Å². The number of nitrogens with zero attached hydrogens (tertiary/aromatic N) is 2. The summed E-state index contributed by atoms with van der Waals surface area (Å²) in [7, 11) is 0. The van der Waals surface area contributed by atoms with Gasteiger partial charge in [-0.1, -0.05) is 35.9 Å². The van der Waals surface area contributed by atoms with Crippen LogP contribution in [0.15, 0.2) is 49.2 Å². The Morgan fingerprint density at radius 1 is 1.21 bits per heavy atom. The lowest BCUT2D eigenvalue weighted by molar-refractivity contribution is 1.05. The molecule has 19 heavy (non-hydrogen) atoms. The molecule has 1 aromatic carbocycles. The fraction of sp³-hybridized carbons (Fsp3) is 0.143. The number of benzene rings is 1. The highest BCUT2D eigenvalue weighted by molar-refractivity contribution is 6.31. The van der Waals surface area contributed by atoms with Crippen LogP contribution in [0.2, 0.25) is 5.02 Å². The van der Waals surface area contributed by atoms with Crippen LogP contribution >= 0.6 is 11.6 Å². The molecule has 0 saturated heterocycles. The maximum Gasteiger partial charge on any atom is 0.224 e. The van der Waals surface area contributed by atoms with Gasteiger partial charge in [-0.3, -0.25) is 0 Å². The van der Waals surface area contributed by atoms with Gasteiger partial charge in [0.1, 0.15) is 5.82 Å². The lowest BCUT2D eigenvalue weighted by Gasteiger charge is -2.08. The fourth-order valence-electron chi connectivity index (χ4n) is 1.54. The smallest absolute Gasteiger partial charge is 0.224 e. The number of hydrogen-bond donors (Lipinski definition) is 2. The van der Waals surface area contributed by atoms with Gasteiger partial charge >= 0.3 is 0 Å². The summed E-state index contributed by atoms with van der Waals surface area (Å²) in [6, 6.07) is 9.49. The number of rotatable bonds is 6. The zero-order valence-corrected chi connectivity index (χ0v) is 11.2. The largest absolute Gasteiger partial charge is 0.366 e. The Morgan fingerprint density at radius 3 is 2.84 bits per heavy atom. The Bertz CT molecular complexity index is 557. The van der Waals surface area contributed by atoms with Gasteiger partial charge in [-0.05, 0) is 17.7 Å². The maximum absolute atomic E-state index is 6.09. The number of nitrogens with one attached hydrogen (secondary N) is 2. The van der Waals surface area contributed by atoms with Gasteiger partial charge in [-0.15, -0.1) is 6.58 Å². The van der Waals surface area contributed by atoms with Crippen molar-refractivity contribution in [3.05, 3.63) is 59.8 Å². The molecule has 4 nitrogen and oxygen atoms in total. The van der Waals surface area contributed by atoms with Crippen molar-refractivity contribution in [1.29, 1.82) is 0 Å². The van der Waals surface area contributed by atoms with E-state index in [4.69, 9.17) is 11.6 Å². The summed E-state index contributed by atoms with van der Waals surface area (Å²) < 4.78 is 0. The molecule has 0 amide bonds. The van der Waals surface area contributed by atoms with Crippen molar-refractivity contribution >= 4 is 23.4 Å². The fourth-order valence-corrected chi connectivity index (χ4v) is 1.74. The van der Waals surface area contributed by atoms with Crippen molar-refractivity contribution in [3.63, 3.8) is 0 Å². The van der Waals surface area contributed by atoms with E-state index in [0.29, 0.717) is 19.0 Å². The van der Waals surface area contributed by atoms with E-state index in [2.05, 4.69) is 27.2 Å².